The number of aryl methyl sites for hydroxylation is 2. The average Bonchev–Trinajstić information content (AvgIpc) is 2.76. The molecule has 3 aromatic rings. The van der Waals surface area contributed by atoms with E-state index in [4.69, 9.17) is 16.9 Å². The first-order chi connectivity index (χ1) is 10.0. The lowest BCUT2D eigenvalue weighted by Gasteiger charge is -2.01. The first-order valence-corrected chi connectivity index (χ1v) is 7.40. The molecule has 0 fully saturated rings. The molecule has 4 nitrogen and oxygen atoms in total. The van der Waals surface area contributed by atoms with Gasteiger partial charge in [-0.2, -0.15) is 5.26 Å². The Morgan fingerprint density at radius 3 is 2.86 bits per heavy atom. The van der Waals surface area contributed by atoms with Gasteiger partial charge in [0.2, 0.25) is 0 Å². The highest BCUT2D eigenvalue weighted by Crippen LogP contribution is 2.36. The number of hydrogen-bond donors (Lipinski definition) is 1. The third-order valence-corrected chi connectivity index (χ3v) is 4.83. The number of aromatic amines is 1. The second kappa shape index (κ2) is 4.99. The molecular formula is C15H10ClN3OS. The quantitative estimate of drug-likeness (QED) is 0.742. The molecule has 0 aliphatic rings. The van der Waals surface area contributed by atoms with Crippen LogP contribution in [-0.4, -0.2) is 9.97 Å². The molecule has 21 heavy (non-hydrogen) atoms. The van der Waals surface area contributed by atoms with Crippen molar-refractivity contribution < 1.29 is 0 Å². The van der Waals surface area contributed by atoms with Gasteiger partial charge in [0.25, 0.3) is 5.56 Å². The summed E-state index contributed by atoms with van der Waals surface area (Å²) in [6, 6.07) is 7.35. The number of aromatic nitrogens is 2. The lowest BCUT2D eigenvalue weighted by atomic mass is 10.1. The summed E-state index contributed by atoms with van der Waals surface area (Å²) >= 11 is 7.41. The summed E-state index contributed by atoms with van der Waals surface area (Å²) in [4.78, 5) is 20.8. The van der Waals surface area contributed by atoms with E-state index >= 15 is 0 Å². The highest BCUT2D eigenvalue weighted by atomic mass is 35.5. The van der Waals surface area contributed by atoms with E-state index in [0.29, 0.717) is 26.6 Å². The molecule has 0 amide bonds. The Morgan fingerprint density at radius 1 is 1.38 bits per heavy atom. The molecule has 1 N–H and O–H groups in total. The molecule has 0 spiro atoms. The molecule has 0 unspecified atom stereocenters. The van der Waals surface area contributed by atoms with Gasteiger partial charge < -0.3 is 4.98 Å². The van der Waals surface area contributed by atoms with Crippen LogP contribution < -0.4 is 5.56 Å². The number of halogens is 1. The standard InChI is InChI=1S/C15H10ClN3OS/c1-7-12-14(20)18-8(2)19-15(12)21-13(7)9-3-4-11(16)10(5-9)6-17/h3-5H,1-2H3,(H,18,19,20). The third-order valence-electron chi connectivity index (χ3n) is 3.27. The number of nitrogens with zero attached hydrogens (tertiary/aromatic N) is 2. The van der Waals surface area contributed by atoms with Gasteiger partial charge in [-0.05, 0) is 37.1 Å². The number of nitriles is 1. The second-order valence-electron chi connectivity index (χ2n) is 4.69. The van der Waals surface area contributed by atoms with E-state index in [0.717, 1.165) is 16.0 Å². The normalized spacial score (nSPS) is 10.8. The van der Waals surface area contributed by atoms with Gasteiger partial charge in [0, 0.05) is 4.88 Å². The molecule has 0 saturated heterocycles. The fourth-order valence-corrected chi connectivity index (χ4v) is 3.66. The monoisotopic (exact) mass is 315 g/mol. The number of nitrogens with one attached hydrogen (secondary N) is 1. The number of benzene rings is 1. The molecule has 2 aromatic heterocycles. The number of thiophene rings is 1. The summed E-state index contributed by atoms with van der Waals surface area (Å²) in [5.41, 5.74) is 2.03. The van der Waals surface area contributed by atoms with Crippen LogP contribution >= 0.6 is 22.9 Å². The first kappa shape index (κ1) is 13.8. The number of H-pyrrole nitrogens is 1. The Bertz CT molecular complexity index is 965. The molecule has 0 atom stereocenters. The highest BCUT2D eigenvalue weighted by molar-refractivity contribution is 7.22. The summed E-state index contributed by atoms with van der Waals surface area (Å²) in [6.07, 6.45) is 0. The van der Waals surface area contributed by atoms with Crippen LogP contribution in [0.25, 0.3) is 20.7 Å². The van der Waals surface area contributed by atoms with E-state index in [1.165, 1.54) is 11.3 Å². The Kier molecular flexibility index (Phi) is 3.28. The molecule has 104 valence electrons. The molecule has 0 bridgehead atoms. The van der Waals surface area contributed by atoms with E-state index in [1.807, 2.05) is 13.0 Å². The maximum atomic E-state index is 12.1. The topological polar surface area (TPSA) is 69.5 Å². The van der Waals surface area contributed by atoms with Gasteiger partial charge in [0.1, 0.15) is 16.7 Å². The van der Waals surface area contributed by atoms with Crippen molar-refractivity contribution in [2.24, 2.45) is 0 Å². The second-order valence-corrected chi connectivity index (χ2v) is 6.10. The Morgan fingerprint density at radius 2 is 2.14 bits per heavy atom. The van der Waals surface area contributed by atoms with Crippen molar-refractivity contribution in [3.8, 4) is 16.5 Å². The summed E-state index contributed by atoms with van der Waals surface area (Å²) in [5, 5.41) is 10.1. The van der Waals surface area contributed by atoms with Crippen LogP contribution in [0.4, 0.5) is 0 Å². The lowest BCUT2D eigenvalue weighted by molar-refractivity contribution is 1.06. The number of hydrogen-bond acceptors (Lipinski definition) is 4. The molecule has 3 rings (SSSR count). The van der Waals surface area contributed by atoms with Crippen LogP contribution in [0, 0.1) is 25.2 Å². The average molecular weight is 316 g/mol. The predicted molar refractivity (Wildman–Crippen MR) is 84.9 cm³/mol. The van der Waals surface area contributed by atoms with E-state index in [2.05, 4.69) is 16.0 Å². The van der Waals surface area contributed by atoms with E-state index < -0.39 is 0 Å². The van der Waals surface area contributed by atoms with Crippen LogP contribution in [-0.2, 0) is 0 Å². The lowest BCUT2D eigenvalue weighted by Crippen LogP contribution is -2.08. The minimum Gasteiger partial charge on any atom is -0.310 e. The minimum absolute atomic E-state index is 0.132. The van der Waals surface area contributed by atoms with Crippen molar-refractivity contribution >= 4 is 33.2 Å². The van der Waals surface area contributed by atoms with Crippen molar-refractivity contribution in [3.63, 3.8) is 0 Å². The van der Waals surface area contributed by atoms with Crippen molar-refractivity contribution in [2.75, 3.05) is 0 Å². The largest absolute Gasteiger partial charge is 0.310 e. The Hall–Kier alpha value is -2.16. The van der Waals surface area contributed by atoms with Gasteiger partial charge in [-0.1, -0.05) is 17.7 Å². The molecule has 6 heteroatoms. The maximum Gasteiger partial charge on any atom is 0.259 e. The van der Waals surface area contributed by atoms with Gasteiger partial charge in [0.15, 0.2) is 0 Å². The van der Waals surface area contributed by atoms with Gasteiger partial charge in [-0.15, -0.1) is 11.3 Å². The summed E-state index contributed by atoms with van der Waals surface area (Å²) in [5.74, 6) is 0.592. The summed E-state index contributed by atoms with van der Waals surface area (Å²) < 4.78 is 0. The van der Waals surface area contributed by atoms with Crippen LogP contribution in [0.15, 0.2) is 23.0 Å². The smallest absolute Gasteiger partial charge is 0.259 e. The van der Waals surface area contributed by atoms with Gasteiger partial charge >= 0.3 is 0 Å². The molecule has 2 heterocycles. The van der Waals surface area contributed by atoms with Gasteiger partial charge in [-0.25, -0.2) is 4.98 Å². The minimum atomic E-state index is -0.132. The Labute approximate surface area is 129 Å². The van der Waals surface area contributed by atoms with Crippen molar-refractivity contribution in [3.05, 3.63) is 50.5 Å². The molecule has 1 aromatic carbocycles. The summed E-state index contributed by atoms with van der Waals surface area (Å²) in [7, 11) is 0. The fourth-order valence-electron chi connectivity index (χ4n) is 2.28. The number of rotatable bonds is 1. The zero-order valence-corrected chi connectivity index (χ0v) is 12.9. The first-order valence-electron chi connectivity index (χ1n) is 6.21. The van der Waals surface area contributed by atoms with E-state index in [1.54, 1.807) is 19.1 Å². The molecule has 0 radical (unpaired) electrons. The fraction of sp³-hybridized carbons (Fsp3) is 0.133. The molecular weight excluding hydrogens is 306 g/mol. The highest BCUT2D eigenvalue weighted by Gasteiger charge is 2.15. The van der Waals surface area contributed by atoms with E-state index in [9.17, 15) is 4.79 Å². The van der Waals surface area contributed by atoms with Crippen molar-refractivity contribution in [1.29, 1.82) is 5.26 Å². The van der Waals surface area contributed by atoms with Crippen molar-refractivity contribution in [2.45, 2.75) is 13.8 Å². The van der Waals surface area contributed by atoms with Crippen LogP contribution in [0.5, 0.6) is 0 Å². The van der Waals surface area contributed by atoms with Crippen LogP contribution in [0.2, 0.25) is 5.02 Å². The predicted octanol–water partition coefficient (Wildman–Crippen LogP) is 3.79. The maximum absolute atomic E-state index is 12.1. The van der Waals surface area contributed by atoms with Crippen LogP contribution in [0.1, 0.15) is 17.0 Å². The zero-order chi connectivity index (χ0) is 15.1. The molecule has 0 aliphatic heterocycles. The molecule has 0 saturated carbocycles. The Balaban J connectivity index is 2.32. The third kappa shape index (κ3) is 2.23. The summed E-state index contributed by atoms with van der Waals surface area (Å²) in [6.45, 7) is 3.65. The SMILES string of the molecule is Cc1nc2sc(-c3ccc(Cl)c(C#N)c3)c(C)c2c(=O)[nH]1. The zero-order valence-electron chi connectivity index (χ0n) is 11.3. The molecule has 0 aliphatic carbocycles. The van der Waals surface area contributed by atoms with Crippen LogP contribution in [0.3, 0.4) is 0 Å². The van der Waals surface area contributed by atoms with Gasteiger partial charge in [0.05, 0.1) is 16.0 Å². The van der Waals surface area contributed by atoms with Gasteiger partial charge in [-0.3, -0.25) is 4.79 Å². The number of fused-ring (bicyclic) bond motifs is 1. The van der Waals surface area contributed by atoms with E-state index in [-0.39, 0.29) is 5.56 Å². The van der Waals surface area contributed by atoms with Crippen molar-refractivity contribution in [1.82, 2.24) is 9.97 Å².